The van der Waals surface area contributed by atoms with Crippen LogP contribution in [-0.2, 0) is 9.59 Å². The smallest absolute Gasteiger partial charge is 0.288 e. The van der Waals surface area contributed by atoms with Crippen molar-refractivity contribution in [3.8, 4) is 0 Å². The number of nitrogens with one attached hydrogen (secondary N) is 1. The average Bonchev–Trinajstić information content (AvgIpc) is 2.18. The Labute approximate surface area is 80.9 Å². The first kappa shape index (κ1) is 10.1. The Balaban J connectivity index is 2.88. The molecule has 0 aliphatic carbocycles. The highest BCUT2D eigenvalue weighted by Crippen LogP contribution is 2.10. The number of carbonyl (C=O) groups is 3. The minimum Gasteiger partial charge on any atom is -0.320 e. The number of rotatable bonds is 3. The summed E-state index contributed by atoms with van der Waals surface area (Å²) in [4.78, 5) is 31.7. The highest BCUT2D eigenvalue weighted by atomic mass is 16.2. The van der Waals surface area contributed by atoms with Crippen molar-refractivity contribution in [2.24, 2.45) is 0 Å². The van der Waals surface area contributed by atoms with E-state index in [1.807, 2.05) is 0 Å². The lowest BCUT2D eigenvalue weighted by Gasteiger charge is -2.02. The molecule has 0 spiro atoms. The van der Waals surface area contributed by atoms with Crippen molar-refractivity contribution >= 4 is 23.7 Å². The number of carbonyl (C=O) groups excluding carboxylic acids is 3. The average molecular weight is 191 g/mol. The van der Waals surface area contributed by atoms with Gasteiger partial charge in [-0.05, 0) is 19.1 Å². The van der Waals surface area contributed by atoms with Crippen LogP contribution in [0.15, 0.2) is 24.3 Å². The van der Waals surface area contributed by atoms with Crippen LogP contribution >= 0.6 is 0 Å². The molecule has 0 radical (unpaired) electrons. The number of Topliss-reactive ketones (excluding diaryl/α,β-unsaturated/α-hetero) is 1. The summed E-state index contributed by atoms with van der Waals surface area (Å²) < 4.78 is 0. The van der Waals surface area contributed by atoms with Gasteiger partial charge in [0, 0.05) is 11.3 Å². The Morgan fingerprint density at radius 1 is 1.36 bits per heavy atom. The Bertz CT molecular complexity index is 385. The van der Waals surface area contributed by atoms with Crippen molar-refractivity contribution in [1.82, 2.24) is 0 Å². The van der Waals surface area contributed by atoms with Crippen LogP contribution in [0.1, 0.15) is 17.3 Å². The molecule has 0 unspecified atom stereocenters. The lowest BCUT2D eigenvalue weighted by atomic mass is 10.1. The van der Waals surface area contributed by atoms with E-state index in [1.165, 1.54) is 13.0 Å². The van der Waals surface area contributed by atoms with Crippen molar-refractivity contribution in [1.29, 1.82) is 0 Å². The summed E-state index contributed by atoms with van der Waals surface area (Å²) in [6, 6.07) is 6.40. The van der Waals surface area contributed by atoms with E-state index >= 15 is 0 Å². The van der Waals surface area contributed by atoms with Gasteiger partial charge in [-0.1, -0.05) is 12.1 Å². The van der Waals surface area contributed by atoms with E-state index in [4.69, 9.17) is 0 Å². The van der Waals surface area contributed by atoms with E-state index in [2.05, 4.69) is 5.32 Å². The quantitative estimate of drug-likeness (QED) is 0.441. The fourth-order valence-corrected chi connectivity index (χ4v) is 0.988. The normalized spacial score (nSPS) is 9.21. The minimum absolute atomic E-state index is 0.0906. The molecule has 1 N–H and O–H groups in total. The second-order valence-corrected chi connectivity index (χ2v) is 2.74. The van der Waals surface area contributed by atoms with Gasteiger partial charge >= 0.3 is 0 Å². The number of benzene rings is 1. The molecule has 0 saturated carbocycles. The number of hydrogen-bond donors (Lipinski definition) is 1. The van der Waals surface area contributed by atoms with Gasteiger partial charge in [-0.3, -0.25) is 14.4 Å². The lowest BCUT2D eigenvalue weighted by Crippen LogP contribution is -2.12. The minimum atomic E-state index is -0.731. The molecule has 0 heterocycles. The summed E-state index contributed by atoms with van der Waals surface area (Å²) in [6.45, 7) is 1.43. The largest absolute Gasteiger partial charge is 0.320 e. The van der Waals surface area contributed by atoms with Gasteiger partial charge in [0.05, 0.1) is 0 Å². The summed E-state index contributed by atoms with van der Waals surface area (Å²) in [5.41, 5.74) is 0.934. The van der Waals surface area contributed by atoms with Gasteiger partial charge in [-0.25, -0.2) is 0 Å². The van der Waals surface area contributed by atoms with Crippen molar-refractivity contribution in [3.05, 3.63) is 29.8 Å². The zero-order valence-corrected chi connectivity index (χ0v) is 7.61. The van der Waals surface area contributed by atoms with Gasteiger partial charge in [0.25, 0.3) is 5.91 Å². The van der Waals surface area contributed by atoms with Crippen molar-refractivity contribution in [2.75, 3.05) is 5.32 Å². The molecule has 0 aromatic heterocycles. The number of hydrogen-bond acceptors (Lipinski definition) is 3. The molecule has 0 atom stereocenters. The Hall–Kier alpha value is -1.97. The van der Waals surface area contributed by atoms with E-state index < -0.39 is 5.91 Å². The maximum atomic E-state index is 11.0. The van der Waals surface area contributed by atoms with Gasteiger partial charge < -0.3 is 5.32 Å². The van der Waals surface area contributed by atoms with Crippen LogP contribution in [0, 0.1) is 0 Å². The predicted molar refractivity (Wildman–Crippen MR) is 51.1 cm³/mol. The number of ketones is 1. The van der Waals surface area contributed by atoms with Crippen LogP contribution in [-0.4, -0.2) is 18.0 Å². The van der Waals surface area contributed by atoms with Gasteiger partial charge in [-0.15, -0.1) is 0 Å². The van der Waals surface area contributed by atoms with Crippen LogP contribution in [0.25, 0.3) is 0 Å². The molecule has 0 bridgehead atoms. The molecule has 1 rings (SSSR count). The Morgan fingerprint density at radius 2 is 2.07 bits per heavy atom. The zero-order valence-electron chi connectivity index (χ0n) is 7.61. The Kier molecular flexibility index (Phi) is 3.12. The first-order valence-corrected chi connectivity index (χ1v) is 4.00. The second kappa shape index (κ2) is 4.32. The summed E-state index contributed by atoms with van der Waals surface area (Å²) >= 11 is 0. The molecule has 14 heavy (non-hydrogen) atoms. The number of aldehydes is 1. The molecule has 72 valence electrons. The van der Waals surface area contributed by atoms with Gasteiger partial charge in [0.15, 0.2) is 5.78 Å². The highest BCUT2D eigenvalue weighted by Gasteiger charge is 2.02. The fraction of sp³-hybridized carbons (Fsp3) is 0.100. The molecule has 1 aromatic carbocycles. The molecule has 4 nitrogen and oxygen atoms in total. The van der Waals surface area contributed by atoms with Crippen LogP contribution in [0.4, 0.5) is 5.69 Å². The SMILES string of the molecule is CC(=O)c1cccc(NC(=O)C=O)c1. The molecule has 0 aliphatic heterocycles. The molecular formula is C10H9NO3. The standard InChI is InChI=1S/C10H9NO3/c1-7(13)8-3-2-4-9(5-8)11-10(14)6-12/h2-6H,1H3,(H,11,14). The molecule has 4 heteroatoms. The topological polar surface area (TPSA) is 63.2 Å². The van der Waals surface area contributed by atoms with Gasteiger partial charge in [-0.2, -0.15) is 0 Å². The van der Waals surface area contributed by atoms with Gasteiger partial charge in [0.2, 0.25) is 6.29 Å². The highest BCUT2D eigenvalue weighted by molar-refractivity contribution is 6.29. The second-order valence-electron chi connectivity index (χ2n) is 2.74. The monoisotopic (exact) mass is 191 g/mol. The Morgan fingerprint density at radius 3 is 2.64 bits per heavy atom. The third-order valence-corrected chi connectivity index (χ3v) is 1.64. The van der Waals surface area contributed by atoms with Crippen molar-refractivity contribution in [3.63, 3.8) is 0 Å². The van der Waals surface area contributed by atoms with Crippen LogP contribution in [0.5, 0.6) is 0 Å². The van der Waals surface area contributed by atoms with Crippen LogP contribution < -0.4 is 5.32 Å². The van der Waals surface area contributed by atoms with Crippen molar-refractivity contribution < 1.29 is 14.4 Å². The maximum absolute atomic E-state index is 11.0. The van der Waals surface area contributed by atoms with E-state index in [9.17, 15) is 14.4 Å². The lowest BCUT2D eigenvalue weighted by molar-refractivity contribution is -0.127. The summed E-state index contributed by atoms with van der Waals surface area (Å²) in [7, 11) is 0. The predicted octanol–water partition coefficient (Wildman–Crippen LogP) is 1.03. The molecular weight excluding hydrogens is 182 g/mol. The first-order chi connectivity index (χ1) is 6.63. The van der Waals surface area contributed by atoms with E-state index in [0.717, 1.165) is 0 Å². The maximum Gasteiger partial charge on any atom is 0.288 e. The molecule has 0 saturated heterocycles. The number of anilines is 1. The van der Waals surface area contributed by atoms with Gasteiger partial charge in [0.1, 0.15) is 0 Å². The van der Waals surface area contributed by atoms with Crippen LogP contribution in [0.3, 0.4) is 0 Å². The first-order valence-electron chi connectivity index (χ1n) is 4.00. The zero-order chi connectivity index (χ0) is 10.6. The fourth-order valence-electron chi connectivity index (χ4n) is 0.988. The van der Waals surface area contributed by atoms with Crippen molar-refractivity contribution in [2.45, 2.75) is 6.92 Å². The van der Waals surface area contributed by atoms with Crippen LogP contribution in [0.2, 0.25) is 0 Å². The number of amides is 1. The molecule has 0 aliphatic rings. The summed E-state index contributed by atoms with van der Waals surface area (Å²) in [5, 5.41) is 2.33. The van der Waals surface area contributed by atoms with E-state index in [1.54, 1.807) is 18.2 Å². The van der Waals surface area contributed by atoms with E-state index in [0.29, 0.717) is 11.3 Å². The van der Waals surface area contributed by atoms with E-state index in [-0.39, 0.29) is 12.1 Å². The summed E-state index contributed by atoms with van der Waals surface area (Å²) in [5.74, 6) is -0.821. The third-order valence-electron chi connectivity index (χ3n) is 1.64. The third kappa shape index (κ3) is 2.52. The molecule has 1 aromatic rings. The summed E-state index contributed by atoms with van der Waals surface area (Å²) in [6.07, 6.45) is 0.181. The molecule has 1 amide bonds. The molecule has 0 fully saturated rings.